The van der Waals surface area contributed by atoms with Crippen LogP contribution < -0.4 is 0 Å². The Labute approximate surface area is 199 Å². The maximum absolute atomic E-state index is 12.9. The molecule has 2 aromatic rings. The van der Waals surface area contributed by atoms with Gasteiger partial charge in [0.15, 0.2) is 11.9 Å². The van der Waals surface area contributed by atoms with Gasteiger partial charge in [-0.2, -0.15) is 0 Å². The van der Waals surface area contributed by atoms with Gasteiger partial charge < -0.3 is 9.64 Å². The van der Waals surface area contributed by atoms with Gasteiger partial charge in [-0.1, -0.05) is 24.3 Å². The fourth-order valence-electron chi connectivity index (χ4n) is 5.23. The Hall–Kier alpha value is -2.54. The summed E-state index contributed by atoms with van der Waals surface area (Å²) in [6.45, 7) is 5.47. The highest BCUT2D eigenvalue weighted by molar-refractivity contribution is 7.13. The van der Waals surface area contributed by atoms with Crippen molar-refractivity contribution in [2.24, 2.45) is 11.8 Å². The Morgan fingerprint density at radius 1 is 1.18 bits per heavy atom. The van der Waals surface area contributed by atoms with Crippen molar-refractivity contribution in [1.29, 1.82) is 0 Å². The quantitative estimate of drug-likeness (QED) is 0.530. The average molecular weight is 469 g/mol. The van der Waals surface area contributed by atoms with Crippen LogP contribution in [0.4, 0.5) is 0 Å². The number of aryl methyl sites for hydroxylation is 1. The molecular formula is C26H32N2O4S. The molecule has 7 heteroatoms. The third-order valence-corrected chi connectivity index (χ3v) is 7.88. The molecule has 1 aromatic heterocycles. The summed E-state index contributed by atoms with van der Waals surface area (Å²) in [5, 5.41) is 0. The van der Waals surface area contributed by atoms with Crippen LogP contribution in [0, 0.1) is 18.8 Å². The minimum Gasteiger partial charge on any atom is -0.453 e. The maximum Gasteiger partial charge on any atom is 0.303 e. The maximum atomic E-state index is 12.9. The first-order valence-corrected chi connectivity index (χ1v) is 12.7. The molecule has 1 amide bonds. The Morgan fingerprint density at radius 3 is 2.55 bits per heavy atom. The highest BCUT2D eigenvalue weighted by Gasteiger charge is 2.39. The van der Waals surface area contributed by atoms with Crippen molar-refractivity contribution in [1.82, 2.24) is 9.88 Å². The number of Topliss-reactive ketones (excluding diaryl/α,β-unsaturated/α-hetero) is 1. The molecule has 0 N–H and O–H groups in total. The highest BCUT2D eigenvalue weighted by atomic mass is 32.1. The summed E-state index contributed by atoms with van der Waals surface area (Å²) in [4.78, 5) is 43.9. The number of hydrogen-bond acceptors (Lipinski definition) is 6. The highest BCUT2D eigenvalue weighted by Crippen LogP contribution is 2.39. The van der Waals surface area contributed by atoms with E-state index in [2.05, 4.69) is 29.2 Å². The van der Waals surface area contributed by atoms with Gasteiger partial charge in [-0.15, -0.1) is 11.3 Å². The molecule has 1 aromatic carbocycles. The number of thiazole rings is 1. The van der Waals surface area contributed by atoms with Crippen LogP contribution in [0.3, 0.4) is 0 Å². The molecule has 33 heavy (non-hydrogen) atoms. The molecule has 0 bridgehead atoms. The molecule has 1 saturated heterocycles. The van der Waals surface area contributed by atoms with Gasteiger partial charge in [0.1, 0.15) is 0 Å². The topological polar surface area (TPSA) is 76.6 Å². The van der Waals surface area contributed by atoms with Gasteiger partial charge in [0.25, 0.3) is 5.91 Å². The van der Waals surface area contributed by atoms with E-state index >= 15 is 0 Å². The van der Waals surface area contributed by atoms with Gasteiger partial charge in [0.05, 0.1) is 22.1 Å². The van der Waals surface area contributed by atoms with Gasteiger partial charge in [0.2, 0.25) is 0 Å². The molecule has 6 nitrogen and oxygen atoms in total. The fourth-order valence-corrected chi connectivity index (χ4v) is 6.04. The molecule has 2 heterocycles. The van der Waals surface area contributed by atoms with Crippen LogP contribution in [-0.4, -0.2) is 46.2 Å². The summed E-state index contributed by atoms with van der Waals surface area (Å²) < 4.78 is 5.03. The van der Waals surface area contributed by atoms with Crippen LogP contribution in [0.1, 0.15) is 57.2 Å². The van der Waals surface area contributed by atoms with Gasteiger partial charge >= 0.3 is 5.97 Å². The molecule has 2 fully saturated rings. The van der Waals surface area contributed by atoms with E-state index in [1.807, 2.05) is 12.4 Å². The van der Waals surface area contributed by atoms with E-state index < -0.39 is 12.1 Å². The number of ether oxygens (including phenoxy) is 1. The number of nitrogens with zero attached hydrogens (tertiary/aromatic N) is 2. The van der Waals surface area contributed by atoms with E-state index in [-0.39, 0.29) is 17.7 Å². The molecular weight excluding hydrogens is 436 g/mol. The van der Waals surface area contributed by atoms with Crippen molar-refractivity contribution >= 4 is 29.0 Å². The summed E-state index contributed by atoms with van der Waals surface area (Å²) in [6, 6.07) is 8.41. The van der Waals surface area contributed by atoms with Crippen molar-refractivity contribution in [3.63, 3.8) is 0 Å². The minimum absolute atomic E-state index is 0.156. The van der Waals surface area contributed by atoms with Crippen LogP contribution >= 0.6 is 11.3 Å². The number of aromatic nitrogens is 1. The monoisotopic (exact) mass is 468 g/mol. The smallest absolute Gasteiger partial charge is 0.303 e. The van der Waals surface area contributed by atoms with Crippen molar-refractivity contribution in [3.05, 3.63) is 41.0 Å². The molecule has 4 rings (SSSR count). The van der Waals surface area contributed by atoms with Crippen molar-refractivity contribution < 1.29 is 19.1 Å². The summed E-state index contributed by atoms with van der Waals surface area (Å²) in [5.74, 6) is 0.439. The molecule has 1 aliphatic heterocycles. The lowest BCUT2D eigenvalue weighted by molar-refractivity contribution is -0.158. The summed E-state index contributed by atoms with van der Waals surface area (Å²) >= 11 is 1.67. The number of ketones is 1. The third kappa shape index (κ3) is 5.52. The first-order valence-electron chi connectivity index (χ1n) is 11.8. The molecule has 0 spiro atoms. The van der Waals surface area contributed by atoms with Crippen LogP contribution in [0.2, 0.25) is 0 Å². The normalized spacial score (nSPS) is 23.1. The lowest BCUT2D eigenvalue weighted by Crippen LogP contribution is -2.46. The number of carbonyl (C=O) groups is 3. The van der Waals surface area contributed by atoms with Gasteiger partial charge in [-0.3, -0.25) is 14.4 Å². The number of likely N-dealkylation sites (tertiary alicyclic amines) is 1. The summed E-state index contributed by atoms with van der Waals surface area (Å²) in [7, 11) is 0. The zero-order valence-electron chi connectivity index (χ0n) is 19.6. The average Bonchev–Trinajstić information content (AvgIpc) is 3.40. The lowest BCUT2D eigenvalue weighted by atomic mass is 9.69. The van der Waals surface area contributed by atoms with Crippen molar-refractivity contribution in [2.75, 3.05) is 6.54 Å². The lowest BCUT2D eigenvalue weighted by Gasteiger charge is -2.36. The molecule has 176 valence electrons. The van der Waals surface area contributed by atoms with Gasteiger partial charge in [0, 0.05) is 19.9 Å². The SMILES string of the molecule is CC(=O)O[C@@H](C)C(=O)N1CCC[C@H]1C(=O)CC1CC(Cc2ccc(-c3scnc3C)cc2)C1. The number of esters is 1. The number of carbonyl (C=O) groups excluding carboxylic acids is 3. The van der Waals surface area contributed by atoms with Crippen LogP contribution in [0.15, 0.2) is 29.8 Å². The third-order valence-electron chi connectivity index (χ3n) is 6.91. The second kappa shape index (κ2) is 10.2. The van der Waals surface area contributed by atoms with Crippen molar-refractivity contribution in [2.45, 2.75) is 71.4 Å². The molecule has 2 aliphatic rings. The second-order valence-corrected chi connectivity index (χ2v) is 10.3. The largest absolute Gasteiger partial charge is 0.453 e. The molecule has 0 radical (unpaired) electrons. The first-order chi connectivity index (χ1) is 15.8. The van der Waals surface area contributed by atoms with Crippen LogP contribution in [0.25, 0.3) is 10.4 Å². The van der Waals surface area contributed by atoms with E-state index in [4.69, 9.17) is 4.74 Å². The van der Waals surface area contributed by atoms with Gasteiger partial charge in [-0.25, -0.2) is 4.98 Å². The zero-order valence-corrected chi connectivity index (χ0v) is 20.4. The zero-order chi connectivity index (χ0) is 23.5. The number of hydrogen-bond donors (Lipinski definition) is 0. The Bertz CT molecular complexity index is 1010. The van der Waals surface area contributed by atoms with Crippen LogP contribution in [-0.2, 0) is 25.5 Å². The summed E-state index contributed by atoms with van der Waals surface area (Å²) in [6.07, 6.45) is 4.39. The van der Waals surface area contributed by atoms with E-state index in [1.165, 1.54) is 22.9 Å². The first kappa shape index (κ1) is 23.6. The van der Waals surface area contributed by atoms with E-state index in [0.717, 1.165) is 31.4 Å². The standard InChI is InChI=1S/C26H32N2O4S/c1-16-25(33-15-27-16)22-8-6-19(7-9-22)11-20-12-21(13-20)14-24(30)23-5-4-10-28(23)26(31)17(2)32-18(3)29/h6-9,15,17,20-21,23H,4-5,10-14H2,1-3H3/t17-,20?,21?,23-/m0/s1. The fraction of sp³-hybridized carbons (Fsp3) is 0.538. The van der Waals surface area contributed by atoms with E-state index in [9.17, 15) is 14.4 Å². The van der Waals surface area contributed by atoms with E-state index in [1.54, 1.807) is 23.2 Å². The minimum atomic E-state index is -0.838. The Kier molecular flexibility index (Phi) is 7.27. The van der Waals surface area contributed by atoms with Crippen LogP contribution in [0.5, 0.6) is 0 Å². The predicted molar refractivity (Wildman–Crippen MR) is 128 cm³/mol. The predicted octanol–water partition coefficient (Wildman–Crippen LogP) is 4.59. The Morgan fingerprint density at radius 2 is 1.91 bits per heavy atom. The molecule has 1 aliphatic carbocycles. The molecule has 2 atom stereocenters. The van der Waals surface area contributed by atoms with E-state index in [0.29, 0.717) is 31.2 Å². The number of benzene rings is 1. The Balaban J connectivity index is 1.24. The molecule has 0 unspecified atom stereocenters. The molecule has 1 saturated carbocycles. The second-order valence-electron chi connectivity index (χ2n) is 9.48. The number of rotatable bonds is 8. The van der Waals surface area contributed by atoms with Gasteiger partial charge in [-0.05, 0) is 68.9 Å². The number of amides is 1. The summed E-state index contributed by atoms with van der Waals surface area (Å²) in [5.41, 5.74) is 5.51. The van der Waals surface area contributed by atoms with Crippen molar-refractivity contribution in [3.8, 4) is 10.4 Å².